The van der Waals surface area contributed by atoms with E-state index in [9.17, 15) is 0 Å². The third kappa shape index (κ3) is 1.57. The van der Waals surface area contributed by atoms with E-state index in [1.54, 1.807) is 7.11 Å². The van der Waals surface area contributed by atoms with Crippen molar-refractivity contribution in [3.63, 3.8) is 0 Å². The molecule has 1 aromatic rings. The van der Waals surface area contributed by atoms with E-state index < -0.39 is 0 Å². The Labute approximate surface area is 85.3 Å². The molecule has 14 heavy (non-hydrogen) atoms. The summed E-state index contributed by atoms with van der Waals surface area (Å²) in [6, 6.07) is 6.33. The second-order valence-electron chi connectivity index (χ2n) is 3.77. The molecule has 2 nitrogen and oxygen atoms in total. The molecule has 0 bridgehead atoms. The number of methoxy groups -OCH3 is 1. The lowest BCUT2D eigenvalue weighted by molar-refractivity contribution is 0.414. The van der Waals surface area contributed by atoms with Gasteiger partial charge >= 0.3 is 0 Å². The van der Waals surface area contributed by atoms with E-state index in [1.165, 1.54) is 24.1 Å². The third-order valence-corrected chi connectivity index (χ3v) is 3.00. The maximum Gasteiger partial charge on any atom is 0.120 e. The Kier molecular flexibility index (Phi) is 2.62. The first-order valence-corrected chi connectivity index (χ1v) is 5.27. The van der Waals surface area contributed by atoms with Crippen LogP contribution in [0.25, 0.3) is 0 Å². The topological polar surface area (TPSA) is 21.3 Å². The zero-order valence-electron chi connectivity index (χ0n) is 8.84. The lowest BCUT2D eigenvalue weighted by Gasteiger charge is -2.26. The van der Waals surface area contributed by atoms with E-state index in [1.807, 2.05) is 0 Å². The van der Waals surface area contributed by atoms with Crippen molar-refractivity contribution in [3.05, 3.63) is 23.8 Å². The van der Waals surface area contributed by atoms with Gasteiger partial charge in [0.15, 0.2) is 0 Å². The van der Waals surface area contributed by atoms with Crippen LogP contribution in [0.5, 0.6) is 5.75 Å². The molecule has 0 saturated heterocycles. The lowest BCUT2D eigenvalue weighted by Crippen LogP contribution is -2.16. The average molecular weight is 191 g/mol. The molecule has 0 amide bonds. The fourth-order valence-electron chi connectivity index (χ4n) is 2.13. The number of benzene rings is 1. The minimum Gasteiger partial charge on any atom is -0.497 e. The predicted molar refractivity (Wildman–Crippen MR) is 59.1 cm³/mol. The Morgan fingerprint density at radius 3 is 3.07 bits per heavy atom. The average Bonchev–Trinajstić information content (AvgIpc) is 2.27. The van der Waals surface area contributed by atoms with Crippen molar-refractivity contribution in [1.82, 2.24) is 0 Å². The summed E-state index contributed by atoms with van der Waals surface area (Å²) < 4.78 is 5.21. The highest BCUT2D eigenvalue weighted by molar-refractivity contribution is 5.58. The van der Waals surface area contributed by atoms with Gasteiger partial charge in [0.05, 0.1) is 7.11 Å². The standard InChI is InChI=1S/C12H17NO/c1-3-9-6-7-13-12-8-10(14-2)4-5-11(9)12/h4-5,8-9,13H,3,6-7H2,1-2H3/t9-/m1/s1. The predicted octanol–water partition coefficient (Wildman–Crippen LogP) is 3.00. The van der Waals surface area contributed by atoms with E-state index in [0.29, 0.717) is 0 Å². The van der Waals surface area contributed by atoms with Crippen LogP contribution in [0.1, 0.15) is 31.2 Å². The number of hydrogen-bond acceptors (Lipinski definition) is 2. The lowest BCUT2D eigenvalue weighted by atomic mass is 9.89. The van der Waals surface area contributed by atoms with Crippen molar-refractivity contribution in [3.8, 4) is 5.75 Å². The third-order valence-electron chi connectivity index (χ3n) is 3.00. The molecule has 1 atom stereocenters. The van der Waals surface area contributed by atoms with Crippen molar-refractivity contribution in [2.45, 2.75) is 25.7 Å². The van der Waals surface area contributed by atoms with Crippen LogP contribution in [0.4, 0.5) is 5.69 Å². The van der Waals surface area contributed by atoms with Crippen LogP contribution in [-0.2, 0) is 0 Å². The fraction of sp³-hybridized carbons (Fsp3) is 0.500. The Morgan fingerprint density at radius 1 is 1.50 bits per heavy atom. The molecule has 0 radical (unpaired) electrons. The number of anilines is 1. The van der Waals surface area contributed by atoms with E-state index in [4.69, 9.17) is 4.74 Å². The molecule has 0 spiro atoms. The Morgan fingerprint density at radius 2 is 2.36 bits per heavy atom. The second-order valence-corrected chi connectivity index (χ2v) is 3.77. The largest absolute Gasteiger partial charge is 0.497 e. The zero-order chi connectivity index (χ0) is 9.97. The van der Waals surface area contributed by atoms with Gasteiger partial charge in [-0.3, -0.25) is 0 Å². The summed E-state index contributed by atoms with van der Waals surface area (Å²) >= 11 is 0. The van der Waals surface area contributed by atoms with Gasteiger partial charge in [-0.05, 0) is 30.4 Å². The molecule has 1 aliphatic heterocycles. The summed E-state index contributed by atoms with van der Waals surface area (Å²) in [5, 5.41) is 3.42. The Hall–Kier alpha value is -1.18. The normalized spacial score (nSPS) is 19.7. The van der Waals surface area contributed by atoms with Crippen LogP contribution < -0.4 is 10.1 Å². The van der Waals surface area contributed by atoms with E-state index >= 15 is 0 Å². The van der Waals surface area contributed by atoms with E-state index in [2.05, 4.69) is 30.4 Å². The molecule has 2 rings (SSSR count). The molecule has 0 fully saturated rings. The second kappa shape index (κ2) is 3.91. The smallest absolute Gasteiger partial charge is 0.120 e. The summed E-state index contributed by atoms with van der Waals surface area (Å²) in [7, 11) is 1.71. The van der Waals surface area contributed by atoms with Gasteiger partial charge in [-0.1, -0.05) is 13.0 Å². The highest BCUT2D eigenvalue weighted by Gasteiger charge is 2.18. The summed E-state index contributed by atoms with van der Waals surface area (Å²) in [5.74, 6) is 1.66. The van der Waals surface area contributed by atoms with Gasteiger partial charge in [0.1, 0.15) is 5.75 Å². The minimum atomic E-state index is 0.720. The molecule has 0 saturated carbocycles. The first kappa shape index (κ1) is 9.38. The highest BCUT2D eigenvalue weighted by atomic mass is 16.5. The molecule has 0 aromatic heterocycles. The van der Waals surface area contributed by atoms with Crippen molar-refractivity contribution in [2.24, 2.45) is 0 Å². The van der Waals surface area contributed by atoms with Crippen molar-refractivity contribution < 1.29 is 4.74 Å². The van der Waals surface area contributed by atoms with Crippen LogP contribution in [0.2, 0.25) is 0 Å². The molecular formula is C12H17NO. The quantitative estimate of drug-likeness (QED) is 0.776. The first-order chi connectivity index (χ1) is 6.85. The van der Waals surface area contributed by atoms with Crippen LogP contribution in [0.3, 0.4) is 0 Å². The number of rotatable bonds is 2. The maximum absolute atomic E-state index is 5.21. The fourth-order valence-corrected chi connectivity index (χ4v) is 2.13. The molecule has 0 aliphatic carbocycles. The van der Waals surface area contributed by atoms with Crippen molar-refractivity contribution >= 4 is 5.69 Å². The number of nitrogens with one attached hydrogen (secondary N) is 1. The molecule has 2 heteroatoms. The van der Waals surface area contributed by atoms with E-state index in [0.717, 1.165) is 18.2 Å². The molecule has 76 valence electrons. The molecule has 1 aliphatic rings. The monoisotopic (exact) mass is 191 g/mol. The number of fused-ring (bicyclic) bond motifs is 1. The van der Waals surface area contributed by atoms with Gasteiger partial charge in [0, 0.05) is 18.3 Å². The van der Waals surface area contributed by atoms with Crippen LogP contribution >= 0.6 is 0 Å². The zero-order valence-corrected chi connectivity index (χ0v) is 8.84. The van der Waals surface area contributed by atoms with Crippen LogP contribution in [0.15, 0.2) is 18.2 Å². The number of ether oxygens (including phenoxy) is 1. The molecule has 0 unspecified atom stereocenters. The Bertz CT molecular complexity index is 322. The summed E-state index contributed by atoms with van der Waals surface area (Å²) in [4.78, 5) is 0. The van der Waals surface area contributed by atoms with Crippen molar-refractivity contribution in [2.75, 3.05) is 19.0 Å². The molecular weight excluding hydrogens is 174 g/mol. The van der Waals surface area contributed by atoms with E-state index in [-0.39, 0.29) is 0 Å². The van der Waals surface area contributed by atoms with Gasteiger partial charge in [-0.2, -0.15) is 0 Å². The maximum atomic E-state index is 5.21. The first-order valence-electron chi connectivity index (χ1n) is 5.27. The van der Waals surface area contributed by atoms with Gasteiger partial charge in [0.2, 0.25) is 0 Å². The van der Waals surface area contributed by atoms with Crippen LogP contribution in [0, 0.1) is 0 Å². The molecule has 1 heterocycles. The van der Waals surface area contributed by atoms with Gasteiger partial charge in [-0.15, -0.1) is 0 Å². The Balaban J connectivity index is 2.35. The summed E-state index contributed by atoms with van der Waals surface area (Å²) in [6.07, 6.45) is 2.47. The summed E-state index contributed by atoms with van der Waals surface area (Å²) in [6.45, 7) is 3.34. The van der Waals surface area contributed by atoms with Gasteiger partial charge in [-0.25, -0.2) is 0 Å². The van der Waals surface area contributed by atoms with Crippen molar-refractivity contribution in [1.29, 1.82) is 0 Å². The van der Waals surface area contributed by atoms with Gasteiger partial charge < -0.3 is 10.1 Å². The minimum absolute atomic E-state index is 0.720. The van der Waals surface area contributed by atoms with Gasteiger partial charge in [0.25, 0.3) is 0 Å². The SMILES string of the molecule is CC[C@@H]1CCNc2cc(OC)ccc21. The van der Waals surface area contributed by atoms with Crippen LogP contribution in [-0.4, -0.2) is 13.7 Å². The summed E-state index contributed by atoms with van der Waals surface area (Å²) in [5.41, 5.74) is 2.70. The number of hydrogen-bond donors (Lipinski definition) is 1. The highest BCUT2D eigenvalue weighted by Crippen LogP contribution is 2.35. The molecule has 1 aromatic carbocycles. The molecule has 1 N–H and O–H groups in total.